The highest BCUT2D eigenvalue weighted by Gasteiger charge is 2.55. The number of Topliss-reactive ketones (excluding diaryl/α,β-unsaturated/α-hetero) is 1. The highest BCUT2D eigenvalue weighted by Crippen LogP contribution is 2.44. The molecule has 4 heteroatoms. The molecule has 0 radical (unpaired) electrons. The van der Waals surface area contributed by atoms with Crippen molar-refractivity contribution in [2.24, 2.45) is 0 Å². The lowest BCUT2D eigenvalue weighted by Crippen LogP contribution is -2.48. The standard InChI is InChI=1S/C24H30N2O2/c1-2-26-19-23(27)24(20-9-5-3-6-10-20,21-11-7-4-8-12-21)22(26)13-14-25-15-17-28-18-16-25/h3-12,22H,2,13-19H2,1H3. The van der Waals surface area contributed by atoms with Gasteiger partial charge in [-0.3, -0.25) is 14.6 Å². The van der Waals surface area contributed by atoms with Gasteiger partial charge in [-0.2, -0.15) is 0 Å². The van der Waals surface area contributed by atoms with Gasteiger partial charge in [0, 0.05) is 19.1 Å². The van der Waals surface area contributed by atoms with E-state index in [-0.39, 0.29) is 6.04 Å². The molecule has 2 saturated heterocycles. The van der Waals surface area contributed by atoms with Crippen molar-refractivity contribution < 1.29 is 9.53 Å². The number of likely N-dealkylation sites (tertiary alicyclic amines) is 1. The number of carbonyl (C=O) groups excluding carboxylic acids is 1. The van der Waals surface area contributed by atoms with E-state index in [1.165, 1.54) is 0 Å². The Morgan fingerprint density at radius 2 is 1.54 bits per heavy atom. The third-order valence-electron chi connectivity index (χ3n) is 6.41. The van der Waals surface area contributed by atoms with E-state index in [1.807, 2.05) is 12.1 Å². The summed E-state index contributed by atoms with van der Waals surface area (Å²) in [6, 6.07) is 21.0. The second-order valence-corrected chi connectivity index (χ2v) is 7.78. The second-order valence-electron chi connectivity index (χ2n) is 7.78. The highest BCUT2D eigenvalue weighted by atomic mass is 16.5. The number of hydrogen-bond donors (Lipinski definition) is 0. The van der Waals surface area contributed by atoms with Gasteiger partial charge in [0.25, 0.3) is 0 Å². The summed E-state index contributed by atoms with van der Waals surface area (Å²) in [6.07, 6.45) is 0.976. The molecule has 2 aliphatic heterocycles. The largest absolute Gasteiger partial charge is 0.379 e. The van der Waals surface area contributed by atoms with Crippen LogP contribution in [0.2, 0.25) is 0 Å². The van der Waals surface area contributed by atoms with Crippen molar-refractivity contribution in [2.45, 2.75) is 24.8 Å². The molecule has 0 bridgehead atoms. The number of rotatable bonds is 6. The van der Waals surface area contributed by atoms with Gasteiger partial charge in [0.1, 0.15) is 0 Å². The molecule has 0 saturated carbocycles. The molecule has 0 amide bonds. The molecular formula is C24H30N2O2. The van der Waals surface area contributed by atoms with Crippen LogP contribution in [0.4, 0.5) is 0 Å². The fraction of sp³-hybridized carbons (Fsp3) is 0.458. The molecule has 0 N–H and O–H groups in total. The third-order valence-corrected chi connectivity index (χ3v) is 6.41. The molecule has 4 rings (SSSR count). The molecule has 2 aromatic rings. The van der Waals surface area contributed by atoms with Gasteiger partial charge >= 0.3 is 0 Å². The number of benzene rings is 2. The molecule has 2 aliphatic rings. The monoisotopic (exact) mass is 378 g/mol. The second kappa shape index (κ2) is 8.56. The summed E-state index contributed by atoms with van der Waals surface area (Å²) in [5, 5.41) is 0. The van der Waals surface area contributed by atoms with Crippen molar-refractivity contribution in [2.75, 3.05) is 45.9 Å². The normalized spacial score (nSPS) is 23.2. The van der Waals surface area contributed by atoms with E-state index in [4.69, 9.17) is 4.74 Å². The Hall–Kier alpha value is -2.01. The van der Waals surface area contributed by atoms with Crippen LogP contribution in [-0.4, -0.2) is 67.6 Å². The van der Waals surface area contributed by atoms with E-state index in [0.717, 1.165) is 56.9 Å². The van der Waals surface area contributed by atoms with Crippen molar-refractivity contribution in [3.8, 4) is 0 Å². The number of carbonyl (C=O) groups is 1. The summed E-state index contributed by atoms with van der Waals surface area (Å²) in [5.74, 6) is 0.318. The molecule has 2 heterocycles. The lowest BCUT2D eigenvalue weighted by atomic mass is 9.67. The molecule has 1 atom stereocenters. The summed E-state index contributed by atoms with van der Waals surface area (Å²) in [5.41, 5.74) is 1.65. The van der Waals surface area contributed by atoms with Gasteiger partial charge in [0.05, 0.1) is 25.2 Å². The molecule has 4 nitrogen and oxygen atoms in total. The summed E-state index contributed by atoms with van der Waals surface area (Å²) >= 11 is 0. The van der Waals surface area contributed by atoms with Crippen molar-refractivity contribution >= 4 is 5.78 Å². The SMILES string of the molecule is CCN1CC(=O)C(c2ccccc2)(c2ccccc2)C1CCN1CCOCC1. The first kappa shape index (κ1) is 19.3. The Bertz CT molecular complexity index is 732. The van der Waals surface area contributed by atoms with E-state index >= 15 is 0 Å². The topological polar surface area (TPSA) is 32.8 Å². The zero-order chi connectivity index (χ0) is 19.4. The average molecular weight is 379 g/mol. The first-order valence-corrected chi connectivity index (χ1v) is 10.4. The van der Waals surface area contributed by atoms with Crippen molar-refractivity contribution in [1.29, 1.82) is 0 Å². The first-order chi connectivity index (χ1) is 13.8. The predicted octanol–water partition coefficient (Wildman–Crippen LogP) is 2.97. The summed E-state index contributed by atoms with van der Waals surface area (Å²) < 4.78 is 5.50. The fourth-order valence-electron chi connectivity index (χ4n) is 5.02. The summed E-state index contributed by atoms with van der Waals surface area (Å²) in [7, 11) is 0. The van der Waals surface area contributed by atoms with Crippen LogP contribution in [0.1, 0.15) is 24.5 Å². The molecule has 28 heavy (non-hydrogen) atoms. The number of morpholine rings is 1. The molecule has 1 unspecified atom stereocenters. The first-order valence-electron chi connectivity index (χ1n) is 10.4. The Morgan fingerprint density at radius 1 is 0.964 bits per heavy atom. The minimum Gasteiger partial charge on any atom is -0.379 e. The predicted molar refractivity (Wildman–Crippen MR) is 112 cm³/mol. The van der Waals surface area contributed by atoms with Crippen LogP contribution in [0.5, 0.6) is 0 Å². The van der Waals surface area contributed by atoms with Gasteiger partial charge in [-0.25, -0.2) is 0 Å². The van der Waals surface area contributed by atoms with Gasteiger partial charge in [-0.1, -0.05) is 67.6 Å². The maximum atomic E-state index is 13.7. The Morgan fingerprint density at radius 3 is 2.07 bits per heavy atom. The van der Waals surface area contributed by atoms with Crippen LogP contribution in [0.25, 0.3) is 0 Å². The average Bonchev–Trinajstić information content (AvgIpc) is 3.06. The maximum absolute atomic E-state index is 13.7. The number of hydrogen-bond acceptors (Lipinski definition) is 4. The molecule has 148 valence electrons. The zero-order valence-corrected chi connectivity index (χ0v) is 16.7. The van der Waals surface area contributed by atoms with Crippen LogP contribution in [-0.2, 0) is 14.9 Å². The smallest absolute Gasteiger partial charge is 0.163 e. The number of nitrogens with zero attached hydrogens (tertiary/aromatic N) is 2. The number of ether oxygens (including phenoxy) is 1. The lowest BCUT2D eigenvalue weighted by Gasteiger charge is -2.39. The Labute approximate surface area is 168 Å². The van der Waals surface area contributed by atoms with Crippen LogP contribution >= 0.6 is 0 Å². The summed E-state index contributed by atoms with van der Waals surface area (Å²) in [6.45, 7) is 8.16. The minimum atomic E-state index is -0.592. The molecule has 0 aliphatic carbocycles. The Kier molecular flexibility index (Phi) is 5.90. The van der Waals surface area contributed by atoms with Crippen LogP contribution in [0.15, 0.2) is 60.7 Å². The molecule has 0 spiro atoms. The quantitative estimate of drug-likeness (QED) is 0.774. The van der Waals surface area contributed by atoms with E-state index in [1.54, 1.807) is 0 Å². The van der Waals surface area contributed by atoms with Gasteiger partial charge in [0.15, 0.2) is 5.78 Å². The van der Waals surface area contributed by atoms with Gasteiger partial charge in [0.2, 0.25) is 0 Å². The Balaban J connectivity index is 1.75. The maximum Gasteiger partial charge on any atom is 0.163 e. The van der Waals surface area contributed by atoms with Gasteiger partial charge in [-0.15, -0.1) is 0 Å². The highest BCUT2D eigenvalue weighted by molar-refractivity contribution is 5.98. The van der Waals surface area contributed by atoms with E-state index < -0.39 is 5.41 Å². The van der Waals surface area contributed by atoms with E-state index in [0.29, 0.717) is 12.3 Å². The zero-order valence-electron chi connectivity index (χ0n) is 16.7. The molecule has 2 aromatic carbocycles. The lowest BCUT2D eigenvalue weighted by molar-refractivity contribution is -0.120. The molecular weight excluding hydrogens is 348 g/mol. The number of likely N-dealkylation sites (N-methyl/N-ethyl adjacent to an activating group) is 1. The summed E-state index contributed by atoms with van der Waals surface area (Å²) in [4.78, 5) is 18.5. The van der Waals surface area contributed by atoms with Crippen LogP contribution < -0.4 is 0 Å². The fourth-order valence-corrected chi connectivity index (χ4v) is 5.02. The van der Waals surface area contributed by atoms with E-state index in [9.17, 15) is 4.79 Å². The van der Waals surface area contributed by atoms with Crippen molar-refractivity contribution in [3.63, 3.8) is 0 Å². The number of ketones is 1. The molecule has 0 aromatic heterocycles. The third kappa shape index (κ3) is 3.41. The van der Waals surface area contributed by atoms with Crippen LogP contribution in [0.3, 0.4) is 0 Å². The van der Waals surface area contributed by atoms with Crippen molar-refractivity contribution in [1.82, 2.24) is 9.80 Å². The van der Waals surface area contributed by atoms with Gasteiger partial charge < -0.3 is 4.74 Å². The van der Waals surface area contributed by atoms with Crippen molar-refractivity contribution in [3.05, 3.63) is 71.8 Å². The van der Waals surface area contributed by atoms with Gasteiger partial charge in [-0.05, 0) is 30.6 Å². The molecule has 2 fully saturated rings. The van der Waals surface area contributed by atoms with E-state index in [2.05, 4.69) is 65.3 Å². The van der Waals surface area contributed by atoms with Crippen LogP contribution in [0, 0.1) is 0 Å². The minimum absolute atomic E-state index is 0.164.